The molecule has 4 nitrogen and oxygen atoms in total. The summed E-state index contributed by atoms with van der Waals surface area (Å²) in [4.78, 5) is 14.6. The summed E-state index contributed by atoms with van der Waals surface area (Å²) in [7, 11) is 0. The molecule has 1 aliphatic heterocycles. The Kier molecular flexibility index (Phi) is 4.27. The first kappa shape index (κ1) is 14.1. The second-order valence-corrected chi connectivity index (χ2v) is 6.01. The van der Waals surface area contributed by atoms with Gasteiger partial charge in [0.25, 0.3) is 5.91 Å². The number of nitrogens with zero attached hydrogens (tertiary/aromatic N) is 3. The van der Waals surface area contributed by atoms with E-state index in [4.69, 9.17) is 0 Å². The average Bonchev–Trinajstić information content (AvgIpc) is 2.84. The molecule has 0 radical (unpaired) electrons. The van der Waals surface area contributed by atoms with Crippen molar-refractivity contribution in [1.29, 1.82) is 0 Å². The molecule has 0 bridgehead atoms. The van der Waals surface area contributed by atoms with Crippen molar-refractivity contribution < 1.29 is 4.79 Å². The molecule has 1 aliphatic rings. The number of amides is 1. The van der Waals surface area contributed by atoms with Crippen LogP contribution in [0.4, 0.5) is 0 Å². The summed E-state index contributed by atoms with van der Waals surface area (Å²) < 4.78 is 1.91. The van der Waals surface area contributed by atoms with Crippen LogP contribution in [0.25, 0.3) is 0 Å². The maximum atomic E-state index is 12.6. The molecule has 0 atom stereocenters. The highest BCUT2D eigenvalue weighted by molar-refractivity contribution is 5.94. The molecule has 0 saturated carbocycles. The van der Waals surface area contributed by atoms with Crippen molar-refractivity contribution in [3.05, 3.63) is 17.5 Å². The first-order valence-electron chi connectivity index (χ1n) is 7.39. The summed E-state index contributed by atoms with van der Waals surface area (Å²) in [6.45, 7) is 10.2. The lowest BCUT2D eigenvalue weighted by atomic mass is 10.0. The summed E-state index contributed by atoms with van der Waals surface area (Å²) in [5.74, 6) is 0.444. The van der Waals surface area contributed by atoms with Crippen LogP contribution in [0, 0.1) is 0 Å². The Morgan fingerprint density at radius 1 is 1.16 bits per heavy atom. The number of rotatable bonds is 3. The predicted molar refractivity (Wildman–Crippen MR) is 76.5 cm³/mol. The van der Waals surface area contributed by atoms with Gasteiger partial charge < -0.3 is 4.90 Å². The topological polar surface area (TPSA) is 38.1 Å². The van der Waals surface area contributed by atoms with E-state index in [0.29, 0.717) is 17.7 Å². The minimum absolute atomic E-state index is 0.114. The van der Waals surface area contributed by atoms with Crippen LogP contribution in [0.15, 0.2) is 6.20 Å². The average molecular weight is 263 g/mol. The van der Waals surface area contributed by atoms with Gasteiger partial charge in [0.1, 0.15) is 0 Å². The van der Waals surface area contributed by atoms with Gasteiger partial charge in [0, 0.05) is 30.9 Å². The van der Waals surface area contributed by atoms with Crippen LogP contribution in [0.2, 0.25) is 0 Å². The molecular formula is C15H25N3O. The molecule has 1 saturated heterocycles. The van der Waals surface area contributed by atoms with Crippen molar-refractivity contribution in [2.24, 2.45) is 0 Å². The van der Waals surface area contributed by atoms with Gasteiger partial charge in [-0.2, -0.15) is 5.10 Å². The summed E-state index contributed by atoms with van der Waals surface area (Å²) in [6, 6.07) is 0.292. The minimum atomic E-state index is 0.114. The van der Waals surface area contributed by atoms with Crippen molar-refractivity contribution in [3.63, 3.8) is 0 Å². The number of likely N-dealkylation sites (tertiary alicyclic amines) is 1. The number of piperidine rings is 1. The Morgan fingerprint density at radius 3 is 2.32 bits per heavy atom. The zero-order chi connectivity index (χ0) is 14.0. The number of aromatic nitrogens is 2. The molecule has 0 unspecified atom stereocenters. The lowest BCUT2D eigenvalue weighted by Gasteiger charge is -2.26. The molecule has 2 rings (SSSR count). The third kappa shape index (κ3) is 2.99. The number of carbonyl (C=O) groups is 1. The first-order valence-corrected chi connectivity index (χ1v) is 7.39. The van der Waals surface area contributed by atoms with Crippen LogP contribution in [-0.2, 0) is 0 Å². The largest absolute Gasteiger partial charge is 0.337 e. The quantitative estimate of drug-likeness (QED) is 0.840. The molecule has 4 heteroatoms. The maximum Gasteiger partial charge on any atom is 0.274 e. The minimum Gasteiger partial charge on any atom is -0.337 e. The molecule has 1 aromatic rings. The fourth-order valence-electron chi connectivity index (χ4n) is 2.51. The van der Waals surface area contributed by atoms with E-state index < -0.39 is 0 Å². The monoisotopic (exact) mass is 263 g/mol. The Bertz CT molecular complexity index is 442. The van der Waals surface area contributed by atoms with Gasteiger partial charge in [-0.15, -0.1) is 0 Å². The Balaban J connectivity index is 2.28. The zero-order valence-electron chi connectivity index (χ0n) is 12.5. The maximum absolute atomic E-state index is 12.6. The molecule has 0 N–H and O–H groups in total. The van der Waals surface area contributed by atoms with Crippen molar-refractivity contribution >= 4 is 5.91 Å². The van der Waals surface area contributed by atoms with Gasteiger partial charge in [0.05, 0.1) is 0 Å². The molecular weight excluding hydrogens is 238 g/mol. The summed E-state index contributed by atoms with van der Waals surface area (Å²) in [6.07, 6.45) is 5.51. The Morgan fingerprint density at radius 2 is 1.79 bits per heavy atom. The smallest absolute Gasteiger partial charge is 0.274 e. The first-order chi connectivity index (χ1) is 9.00. The fraction of sp³-hybridized carbons (Fsp3) is 0.733. The summed E-state index contributed by atoms with van der Waals surface area (Å²) in [5.41, 5.74) is 1.73. The van der Waals surface area contributed by atoms with E-state index >= 15 is 0 Å². The molecule has 19 heavy (non-hydrogen) atoms. The van der Waals surface area contributed by atoms with E-state index in [-0.39, 0.29) is 5.91 Å². The summed E-state index contributed by atoms with van der Waals surface area (Å²) in [5, 5.41) is 4.53. The van der Waals surface area contributed by atoms with Gasteiger partial charge in [-0.1, -0.05) is 13.8 Å². The Hall–Kier alpha value is -1.32. The van der Waals surface area contributed by atoms with Crippen molar-refractivity contribution in [2.45, 2.75) is 58.9 Å². The van der Waals surface area contributed by atoms with Crippen LogP contribution >= 0.6 is 0 Å². The van der Waals surface area contributed by atoms with Gasteiger partial charge in [-0.05, 0) is 39.0 Å². The number of carbonyl (C=O) groups excluding carboxylic acids is 1. The Labute approximate surface area is 115 Å². The van der Waals surface area contributed by atoms with E-state index in [2.05, 4.69) is 32.8 Å². The van der Waals surface area contributed by atoms with Gasteiger partial charge in [0.2, 0.25) is 0 Å². The molecule has 2 heterocycles. The molecule has 1 amide bonds. The second kappa shape index (κ2) is 5.76. The van der Waals surface area contributed by atoms with Gasteiger partial charge in [-0.25, -0.2) is 0 Å². The van der Waals surface area contributed by atoms with Gasteiger partial charge in [-0.3, -0.25) is 9.48 Å². The molecule has 106 valence electrons. The highest BCUT2D eigenvalue weighted by Crippen LogP contribution is 2.23. The van der Waals surface area contributed by atoms with E-state index in [1.807, 2.05) is 15.8 Å². The highest BCUT2D eigenvalue weighted by atomic mass is 16.2. The molecule has 1 fully saturated rings. The number of hydrogen-bond acceptors (Lipinski definition) is 2. The van der Waals surface area contributed by atoms with Crippen molar-refractivity contribution in [1.82, 2.24) is 14.7 Å². The molecule has 0 aromatic carbocycles. The van der Waals surface area contributed by atoms with E-state index in [1.165, 1.54) is 6.42 Å². The van der Waals surface area contributed by atoms with E-state index in [0.717, 1.165) is 31.5 Å². The normalized spacial score (nSPS) is 16.4. The molecule has 0 spiro atoms. The lowest BCUT2D eigenvalue weighted by Crippen LogP contribution is -2.36. The predicted octanol–water partition coefficient (Wildman–Crippen LogP) is 3.21. The van der Waals surface area contributed by atoms with Gasteiger partial charge >= 0.3 is 0 Å². The molecule has 0 aliphatic carbocycles. The third-order valence-corrected chi connectivity index (χ3v) is 3.76. The van der Waals surface area contributed by atoms with E-state index in [1.54, 1.807) is 0 Å². The van der Waals surface area contributed by atoms with Crippen LogP contribution in [0.1, 0.15) is 75.0 Å². The third-order valence-electron chi connectivity index (χ3n) is 3.76. The van der Waals surface area contributed by atoms with Crippen LogP contribution in [0.5, 0.6) is 0 Å². The van der Waals surface area contributed by atoms with Crippen molar-refractivity contribution in [3.8, 4) is 0 Å². The van der Waals surface area contributed by atoms with Crippen LogP contribution in [0.3, 0.4) is 0 Å². The molecule has 1 aromatic heterocycles. The van der Waals surface area contributed by atoms with E-state index in [9.17, 15) is 4.79 Å². The van der Waals surface area contributed by atoms with Crippen molar-refractivity contribution in [2.75, 3.05) is 13.1 Å². The van der Waals surface area contributed by atoms with Crippen LogP contribution < -0.4 is 0 Å². The summed E-state index contributed by atoms with van der Waals surface area (Å²) >= 11 is 0. The SMILES string of the molecule is CC(C)c1cn(C(C)C)nc1C(=O)N1CCCCC1. The van der Waals surface area contributed by atoms with Crippen LogP contribution in [-0.4, -0.2) is 33.7 Å². The standard InChI is InChI=1S/C15H25N3O/c1-11(2)13-10-18(12(3)4)16-14(13)15(19)17-8-6-5-7-9-17/h10-12H,5-9H2,1-4H3. The zero-order valence-corrected chi connectivity index (χ0v) is 12.5. The second-order valence-electron chi connectivity index (χ2n) is 6.01. The van der Waals surface area contributed by atoms with Gasteiger partial charge in [0.15, 0.2) is 5.69 Å². The fourth-order valence-corrected chi connectivity index (χ4v) is 2.51. The lowest BCUT2D eigenvalue weighted by molar-refractivity contribution is 0.0715. The number of hydrogen-bond donors (Lipinski definition) is 0. The highest BCUT2D eigenvalue weighted by Gasteiger charge is 2.25.